The molecular weight excluding hydrogens is 340 g/mol. The maximum absolute atomic E-state index is 2.76. The summed E-state index contributed by atoms with van der Waals surface area (Å²) in [6, 6.07) is 9.64. The average molecular weight is 380 g/mol. The van der Waals surface area contributed by atoms with Gasteiger partial charge in [0.05, 0.1) is 0 Å². The lowest BCUT2D eigenvalue weighted by Gasteiger charge is -2.40. The molecule has 1 nitrogen and oxygen atoms in total. The van der Waals surface area contributed by atoms with E-state index in [4.69, 9.17) is 0 Å². The van der Waals surface area contributed by atoms with Crippen molar-refractivity contribution in [1.82, 2.24) is 4.67 Å². The van der Waals surface area contributed by atoms with Gasteiger partial charge in [0.2, 0.25) is 0 Å². The SMILES string of the molecule is CP(C)CCP(C)N(Cc1ccc(C2CCCCC2)cc1)C(C)(C)C. The maximum Gasteiger partial charge on any atom is 0.0278 e. The standard InChI is InChI=1S/C22H39NP2/c1-22(2,3)23(25(6)17-16-24(4)5)18-19-12-14-21(15-13-19)20-10-8-7-9-11-20/h12-15,20H,7-11,16-18H2,1-6H3. The van der Waals surface area contributed by atoms with Crippen molar-refractivity contribution in [1.29, 1.82) is 0 Å². The molecule has 142 valence electrons. The number of hydrogen-bond acceptors (Lipinski definition) is 1. The van der Waals surface area contributed by atoms with Crippen molar-refractivity contribution < 1.29 is 0 Å². The molecule has 0 saturated heterocycles. The van der Waals surface area contributed by atoms with Gasteiger partial charge < -0.3 is 0 Å². The first-order valence-electron chi connectivity index (χ1n) is 9.99. The highest BCUT2D eigenvalue weighted by Crippen LogP contribution is 2.45. The summed E-state index contributed by atoms with van der Waals surface area (Å²) in [5.74, 6) is 0.818. The van der Waals surface area contributed by atoms with Gasteiger partial charge in [0.15, 0.2) is 0 Å². The third-order valence-corrected chi connectivity index (χ3v) is 9.35. The molecule has 0 N–H and O–H groups in total. The molecule has 0 aromatic heterocycles. The summed E-state index contributed by atoms with van der Waals surface area (Å²) in [6.07, 6.45) is 9.85. The molecule has 0 heterocycles. The Labute approximate surface area is 159 Å². The second-order valence-corrected chi connectivity index (χ2v) is 13.8. The molecule has 1 unspecified atom stereocenters. The van der Waals surface area contributed by atoms with E-state index in [1.807, 2.05) is 0 Å². The molecule has 25 heavy (non-hydrogen) atoms. The topological polar surface area (TPSA) is 3.24 Å². The van der Waals surface area contributed by atoms with E-state index in [2.05, 4.69) is 69.7 Å². The lowest BCUT2D eigenvalue weighted by Crippen LogP contribution is -2.37. The Balaban J connectivity index is 2.02. The van der Waals surface area contributed by atoms with Crippen LogP contribution in [-0.4, -0.2) is 42.5 Å². The molecule has 1 aliphatic rings. The average Bonchev–Trinajstić information content (AvgIpc) is 2.58. The van der Waals surface area contributed by atoms with Crippen molar-refractivity contribution in [3.63, 3.8) is 0 Å². The van der Waals surface area contributed by atoms with Gasteiger partial charge in [0.25, 0.3) is 0 Å². The van der Waals surface area contributed by atoms with Gasteiger partial charge in [-0.15, -0.1) is 7.92 Å². The van der Waals surface area contributed by atoms with Crippen LogP contribution in [0.3, 0.4) is 0 Å². The summed E-state index contributed by atoms with van der Waals surface area (Å²) in [7, 11) is 0.166. The molecule has 0 spiro atoms. The summed E-state index contributed by atoms with van der Waals surface area (Å²) < 4.78 is 2.76. The highest BCUT2D eigenvalue weighted by Gasteiger charge is 2.26. The van der Waals surface area contributed by atoms with E-state index in [9.17, 15) is 0 Å². The van der Waals surface area contributed by atoms with Gasteiger partial charge in [0, 0.05) is 12.1 Å². The monoisotopic (exact) mass is 379 g/mol. The molecule has 0 amide bonds. The zero-order valence-corrected chi connectivity index (χ0v) is 19.2. The van der Waals surface area contributed by atoms with E-state index < -0.39 is 0 Å². The molecule has 1 aromatic carbocycles. The minimum atomic E-state index is -0.0585. The molecule has 1 atom stereocenters. The fourth-order valence-electron chi connectivity index (χ4n) is 3.84. The Morgan fingerprint density at radius 3 is 2.04 bits per heavy atom. The molecule has 3 heteroatoms. The van der Waals surface area contributed by atoms with Crippen LogP contribution in [0, 0.1) is 0 Å². The zero-order chi connectivity index (χ0) is 18.4. The zero-order valence-electron chi connectivity index (χ0n) is 17.4. The normalized spacial score (nSPS) is 18.1. The smallest absolute Gasteiger partial charge is 0.0278 e. The minimum absolute atomic E-state index is 0.0585. The van der Waals surface area contributed by atoms with Crippen LogP contribution < -0.4 is 0 Å². The Bertz CT molecular complexity index is 498. The summed E-state index contributed by atoms with van der Waals surface area (Å²) in [4.78, 5) is 0. The lowest BCUT2D eigenvalue weighted by molar-refractivity contribution is 0.257. The van der Waals surface area contributed by atoms with E-state index >= 15 is 0 Å². The van der Waals surface area contributed by atoms with E-state index in [0.29, 0.717) is 0 Å². The van der Waals surface area contributed by atoms with Gasteiger partial charge >= 0.3 is 0 Å². The molecule has 1 saturated carbocycles. The number of hydrogen-bond donors (Lipinski definition) is 0. The molecule has 1 aromatic rings. The van der Waals surface area contributed by atoms with Gasteiger partial charge in [-0.1, -0.05) is 43.5 Å². The molecule has 2 rings (SSSR count). The van der Waals surface area contributed by atoms with E-state index in [1.54, 1.807) is 5.56 Å². The summed E-state index contributed by atoms with van der Waals surface area (Å²) >= 11 is 0. The van der Waals surface area contributed by atoms with Crippen molar-refractivity contribution in [2.75, 3.05) is 32.3 Å². The van der Waals surface area contributed by atoms with Crippen LogP contribution in [0.25, 0.3) is 0 Å². The lowest BCUT2D eigenvalue weighted by atomic mass is 9.84. The molecular formula is C22H39NP2. The summed E-state index contributed by atoms with van der Waals surface area (Å²) in [5, 5.41) is 0. The number of nitrogens with zero attached hydrogens (tertiary/aromatic N) is 1. The first-order valence-corrected chi connectivity index (χ1v) is 14.3. The van der Waals surface area contributed by atoms with Crippen LogP contribution in [0.4, 0.5) is 0 Å². The predicted molar refractivity (Wildman–Crippen MR) is 119 cm³/mol. The van der Waals surface area contributed by atoms with Crippen molar-refractivity contribution in [2.24, 2.45) is 0 Å². The predicted octanol–water partition coefficient (Wildman–Crippen LogP) is 7.10. The van der Waals surface area contributed by atoms with Gasteiger partial charge in [-0.05, 0) is 91.0 Å². The van der Waals surface area contributed by atoms with Crippen molar-refractivity contribution in [2.45, 2.75) is 70.9 Å². The highest BCUT2D eigenvalue weighted by molar-refractivity contribution is 7.59. The van der Waals surface area contributed by atoms with E-state index in [1.165, 1.54) is 50.0 Å². The molecule has 1 aliphatic carbocycles. The quantitative estimate of drug-likeness (QED) is 0.457. The fourth-order valence-corrected chi connectivity index (χ4v) is 8.27. The van der Waals surface area contributed by atoms with Gasteiger partial charge in [-0.2, -0.15) is 0 Å². The second-order valence-electron chi connectivity index (χ2n) is 8.99. The number of rotatable bonds is 7. The maximum atomic E-state index is 2.76. The molecule has 1 fully saturated rings. The Morgan fingerprint density at radius 1 is 0.920 bits per heavy atom. The van der Waals surface area contributed by atoms with Crippen LogP contribution in [0.1, 0.15) is 69.9 Å². The molecule has 0 bridgehead atoms. The van der Waals surface area contributed by atoms with Crippen molar-refractivity contribution in [3.8, 4) is 0 Å². The Hall–Kier alpha value is 0.0400. The van der Waals surface area contributed by atoms with E-state index in [0.717, 1.165) is 12.5 Å². The van der Waals surface area contributed by atoms with Crippen LogP contribution in [-0.2, 0) is 6.54 Å². The first kappa shape index (κ1) is 21.3. The Kier molecular flexibility index (Phi) is 8.39. The van der Waals surface area contributed by atoms with Crippen LogP contribution in [0.2, 0.25) is 0 Å². The van der Waals surface area contributed by atoms with Crippen LogP contribution in [0.15, 0.2) is 24.3 Å². The second kappa shape index (κ2) is 9.82. The third kappa shape index (κ3) is 6.93. The highest BCUT2D eigenvalue weighted by atomic mass is 31.1. The van der Waals surface area contributed by atoms with Crippen LogP contribution >= 0.6 is 16.0 Å². The largest absolute Gasteiger partial charge is 0.273 e. The molecule has 0 radical (unpaired) electrons. The van der Waals surface area contributed by atoms with Gasteiger partial charge in [-0.3, -0.25) is 4.67 Å². The van der Waals surface area contributed by atoms with Gasteiger partial charge in [-0.25, -0.2) is 0 Å². The van der Waals surface area contributed by atoms with E-state index in [-0.39, 0.29) is 21.5 Å². The molecule has 0 aliphatic heterocycles. The summed E-state index contributed by atoms with van der Waals surface area (Å²) in [6.45, 7) is 15.5. The van der Waals surface area contributed by atoms with Crippen LogP contribution in [0.5, 0.6) is 0 Å². The Morgan fingerprint density at radius 2 is 1.52 bits per heavy atom. The fraction of sp³-hybridized carbons (Fsp3) is 0.727. The van der Waals surface area contributed by atoms with Crippen molar-refractivity contribution in [3.05, 3.63) is 35.4 Å². The van der Waals surface area contributed by atoms with Crippen molar-refractivity contribution >= 4 is 16.0 Å². The van der Waals surface area contributed by atoms with Gasteiger partial charge in [0.1, 0.15) is 0 Å². The first-order chi connectivity index (χ1) is 11.8. The minimum Gasteiger partial charge on any atom is -0.273 e. The summed E-state index contributed by atoms with van der Waals surface area (Å²) in [5.41, 5.74) is 3.30. The number of benzene rings is 1. The third-order valence-electron chi connectivity index (χ3n) is 5.45.